The van der Waals surface area contributed by atoms with Gasteiger partial charge in [-0.3, -0.25) is 4.57 Å². The molecule has 3 nitrogen and oxygen atoms in total. The number of hydrogen-bond donors (Lipinski definition) is 0. The highest BCUT2D eigenvalue weighted by atomic mass is 35.5. The van der Waals surface area contributed by atoms with Crippen molar-refractivity contribution < 1.29 is 0 Å². The molecule has 0 aliphatic carbocycles. The molecular formula is C17H12ClN3. The van der Waals surface area contributed by atoms with Gasteiger partial charge in [0.15, 0.2) is 0 Å². The molecule has 4 rings (SSSR count). The van der Waals surface area contributed by atoms with Crippen molar-refractivity contribution in [1.29, 1.82) is 0 Å². The molecule has 0 saturated carbocycles. The number of fused-ring (bicyclic) bond motifs is 2. The maximum absolute atomic E-state index is 6.10. The number of halogens is 1. The summed E-state index contributed by atoms with van der Waals surface area (Å²) in [5, 5.41) is 1.10. The van der Waals surface area contributed by atoms with Crippen LogP contribution in [0.5, 0.6) is 0 Å². The molecule has 21 heavy (non-hydrogen) atoms. The Morgan fingerprint density at radius 3 is 2.57 bits per heavy atom. The molecule has 0 spiro atoms. The van der Waals surface area contributed by atoms with Gasteiger partial charge in [-0.2, -0.15) is 0 Å². The van der Waals surface area contributed by atoms with E-state index in [1.54, 1.807) is 6.33 Å². The van der Waals surface area contributed by atoms with Gasteiger partial charge in [-0.05, 0) is 29.8 Å². The number of para-hydroxylation sites is 3. The van der Waals surface area contributed by atoms with Crippen molar-refractivity contribution >= 4 is 33.5 Å². The fourth-order valence-electron chi connectivity index (χ4n) is 2.61. The van der Waals surface area contributed by atoms with Crippen LogP contribution in [-0.4, -0.2) is 14.5 Å². The van der Waals surface area contributed by atoms with Gasteiger partial charge in [0.25, 0.3) is 0 Å². The first-order valence-corrected chi connectivity index (χ1v) is 7.27. The minimum atomic E-state index is 0.461. The Kier molecular flexibility index (Phi) is 2.86. The van der Waals surface area contributed by atoms with Crippen LogP contribution in [0.15, 0.2) is 60.9 Å². The third-order valence-corrected chi connectivity index (χ3v) is 3.92. The molecule has 2 heterocycles. The molecule has 4 heteroatoms. The molecule has 0 atom stereocenters. The lowest BCUT2D eigenvalue weighted by Crippen LogP contribution is -1.98. The lowest BCUT2D eigenvalue weighted by molar-refractivity contribution is 1.03. The molecule has 102 valence electrons. The summed E-state index contributed by atoms with van der Waals surface area (Å²) in [5.41, 5.74) is 4.03. The summed E-state index contributed by atoms with van der Waals surface area (Å²) in [4.78, 5) is 9.16. The van der Waals surface area contributed by atoms with E-state index in [1.165, 1.54) is 0 Å². The third kappa shape index (κ3) is 1.98. The Balaban J connectivity index is 2.02. The third-order valence-electron chi connectivity index (χ3n) is 3.63. The Hall–Kier alpha value is -2.39. The summed E-state index contributed by atoms with van der Waals surface area (Å²) in [6.45, 7) is 0. The van der Waals surface area contributed by atoms with E-state index in [2.05, 4.69) is 11.1 Å². The van der Waals surface area contributed by atoms with Gasteiger partial charge >= 0.3 is 0 Å². The number of imidazole rings is 1. The normalized spacial score (nSPS) is 11.3. The largest absolute Gasteiger partial charge is 0.283 e. The van der Waals surface area contributed by atoms with Gasteiger partial charge in [0, 0.05) is 11.3 Å². The van der Waals surface area contributed by atoms with Gasteiger partial charge in [0.1, 0.15) is 12.1 Å². The lowest BCUT2D eigenvalue weighted by atomic mass is 10.1. The SMILES string of the molecule is ClCc1cc(-n2cnc3ccccc32)nc2ccccc12. The topological polar surface area (TPSA) is 30.7 Å². The number of hydrogen-bond acceptors (Lipinski definition) is 2. The predicted molar refractivity (Wildman–Crippen MR) is 85.9 cm³/mol. The zero-order valence-corrected chi connectivity index (χ0v) is 12.0. The van der Waals surface area contributed by atoms with Crippen molar-refractivity contribution in [3.8, 4) is 5.82 Å². The van der Waals surface area contributed by atoms with E-state index < -0.39 is 0 Å². The van der Waals surface area contributed by atoms with E-state index >= 15 is 0 Å². The lowest BCUT2D eigenvalue weighted by Gasteiger charge is -2.09. The Morgan fingerprint density at radius 1 is 0.952 bits per heavy atom. The van der Waals surface area contributed by atoms with E-state index in [4.69, 9.17) is 16.6 Å². The van der Waals surface area contributed by atoms with Crippen LogP contribution in [0, 0.1) is 0 Å². The summed E-state index contributed by atoms with van der Waals surface area (Å²) in [6.07, 6.45) is 1.81. The van der Waals surface area contributed by atoms with Gasteiger partial charge in [-0.1, -0.05) is 30.3 Å². The first-order valence-electron chi connectivity index (χ1n) is 6.74. The van der Waals surface area contributed by atoms with Crippen molar-refractivity contribution in [2.45, 2.75) is 5.88 Å². The smallest absolute Gasteiger partial charge is 0.139 e. The van der Waals surface area contributed by atoms with Gasteiger partial charge < -0.3 is 0 Å². The Morgan fingerprint density at radius 2 is 1.71 bits per heavy atom. The quantitative estimate of drug-likeness (QED) is 0.516. The zero-order chi connectivity index (χ0) is 14.2. The van der Waals surface area contributed by atoms with Gasteiger partial charge in [0.2, 0.25) is 0 Å². The summed E-state index contributed by atoms with van der Waals surface area (Å²) >= 11 is 6.10. The van der Waals surface area contributed by atoms with Crippen LogP contribution in [0.1, 0.15) is 5.56 Å². The molecule has 0 bridgehead atoms. The average molecular weight is 294 g/mol. The fourth-order valence-corrected chi connectivity index (χ4v) is 2.83. The maximum atomic E-state index is 6.10. The minimum absolute atomic E-state index is 0.461. The second-order valence-electron chi connectivity index (χ2n) is 4.89. The Bertz CT molecular complexity index is 943. The van der Waals surface area contributed by atoms with Crippen LogP contribution in [-0.2, 0) is 5.88 Å². The van der Waals surface area contributed by atoms with Crippen molar-refractivity contribution in [3.05, 3.63) is 66.5 Å². The fraction of sp³-hybridized carbons (Fsp3) is 0.0588. The van der Waals surface area contributed by atoms with Crippen LogP contribution in [0.2, 0.25) is 0 Å². The molecule has 0 fully saturated rings. The molecule has 0 unspecified atom stereocenters. The number of aromatic nitrogens is 3. The van der Waals surface area contributed by atoms with Crippen molar-refractivity contribution in [1.82, 2.24) is 14.5 Å². The second-order valence-corrected chi connectivity index (χ2v) is 5.16. The number of nitrogens with zero attached hydrogens (tertiary/aromatic N) is 3. The van der Waals surface area contributed by atoms with Crippen LogP contribution >= 0.6 is 11.6 Å². The zero-order valence-electron chi connectivity index (χ0n) is 11.2. The molecular weight excluding hydrogens is 282 g/mol. The first kappa shape index (κ1) is 12.4. The monoisotopic (exact) mass is 293 g/mol. The number of alkyl halides is 1. The molecule has 0 saturated heterocycles. The van der Waals surface area contributed by atoms with Crippen molar-refractivity contribution in [2.75, 3.05) is 0 Å². The highest BCUT2D eigenvalue weighted by Crippen LogP contribution is 2.24. The standard InChI is InChI=1S/C17H12ClN3/c18-10-12-9-17(20-14-6-2-1-5-13(12)14)21-11-19-15-7-3-4-8-16(15)21/h1-9,11H,10H2. The summed E-state index contributed by atoms with van der Waals surface area (Å²) in [5.74, 6) is 1.31. The molecule has 0 amide bonds. The number of pyridine rings is 1. The summed E-state index contributed by atoms with van der Waals surface area (Å²) in [7, 11) is 0. The van der Waals surface area contributed by atoms with Gasteiger partial charge in [-0.25, -0.2) is 9.97 Å². The molecule has 0 aliphatic rings. The number of rotatable bonds is 2. The number of benzene rings is 2. The Labute approximate surface area is 126 Å². The molecule has 0 radical (unpaired) electrons. The predicted octanol–water partition coefficient (Wildman–Crippen LogP) is 4.31. The molecule has 0 N–H and O–H groups in total. The second kappa shape index (κ2) is 4.86. The van der Waals surface area contributed by atoms with E-state index in [0.717, 1.165) is 33.3 Å². The molecule has 2 aromatic heterocycles. The van der Waals surface area contributed by atoms with E-state index in [1.807, 2.05) is 53.1 Å². The summed E-state index contributed by atoms with van der Waals surface area (Å²) < 4.78 is 2.00. The van der Waals surface area contributed by atoms with E-state index in [-0.39, 0.29) is 0 Å². The van der Waals surface area contributed by atoms with E-state index in [0.29, 0.717) is 5.88 Å². The van der Waals surface area contributed by atoms with Crippen molar-refractivity contribution in [3.63, 3.8) is 0 Å². The average Bonchev–Trinajstić information content (AvgIpc) is 2.98. The van der Waals surface area contributed by atoms with E-state index in [9.17, 15) is 0 Å². The van der Waals surface area contributed by atoms with Crippen molar-refractivity contribution in [2.24, 2.45) is 0 Å². The van der Waals surface area contributed by atoms with Crippen LogP contribution in [0.3, 0.4) is 0 Å². The highest BCUT2D eigenvalue weighted by molar-refractivity contribution is 6.18. The van der Waals surface area contributed by atoms with Crippen LogP contribution in [0.4, 0.5) is 0 Å². The maximum Gasteiger partial charge on any atom is 0.139 e. The van der Waals surface area contributed by atoms with Gasteiger partial charge in [-0.15, -0.1) is 11.6 Å². The molecule has 2 aromatic carbocycles. The van der Waals surface area contributed by atoms with Gasteiger partial charge in [0.05, 0.1) is 16.6 Å². The highest BCUT2D eigenvalue weighted by Gasteiger charge is 2.09. The van der Waals surface area contributed by atoms with Crippen LogP contribution < -0.4 is 0 Å². The molecule has 4 aromatic rings. The van der Waals surface area contributed by atoms with Crippen LogP contribution in [0.25, 0.3) is 27.8 Å². The molecule has 0 aliphatic heterocycles. The minimum Gasteiger partial charge on any atom is -0.283 e. The first-order chi connectivity index (χ1) is 10.4. The summed E-state index contributed by atoms with van der Waals surface area (Å²) in [6, 6.07) is 18.1.